The molecule has 29 heavy (non-hydrogen) atoms. The fourth-order valence-electron chi connectivity index (χ4n) is 3.36. The Morgan fingerprint density at radius 2 is 1.79 bits per heavy atom. The zero-order valence-electron chi connectivity index (χ0n) is 17.4. The molecule has 0 fully saturated rings. The minimum Gasteiger partial charge on any atom is -0.349 e. The number of sulfonamides is 1. The van der Waals surface area contributed by atoms with E-state index in [9.17, 15) is 17.6 Å². The summed E-state index contributed by atoms with van der Waals surface area (Å²) in [7, 11) is -3.53. The molecule has 5 nitrogen and oxygen atoms in total. The van der Waals surface area contributed by atoms with Crippen LogP contribution in [-0.2, 0) is 14.8 Å². The second-order valence-electron chi connectivity index (χ2n) is 7.30. The first-order valence-electron chi connectivity index (χ1n) is 9.71. The van der Waals surface area contributed by atoms with Gasteiger partial charge >= 0.3 is 0 Å². The van der Waals surface area contributed by atoms with Crippen LogP contribution < -0.4 is 9.62 Å². The molecule has 0 radical (unpaired) electrons. The summed E-state index contributed by atoms with van der Waals surface area (Å²) in [5.41, 5.74) is 3.79. The Kier molecular flexibility index (Phi) is 7.79. The highest BCUT2D eigenvalue weighted by Crippen LogP contribution is 2.22. The lowest BCUT2D eigenvalue weighted by molar-refractivity contribution is -0.121. The number of amides is 1. The van der Waals surface area contributed by atoms with E-state index < -0.39 is 15.8 Å². The molecule has 0 saturated heterocycles. The highest BCUT2D eigenvalue weighted by atomic mass is 32.2. The number of aryl methyl sites for hydroxylation is 2. The van der Waals surface area contributed by atoms with E-state index in [-0.39, 0.29) is 24.9 Å². The molecule has 1 N–H and O–H groups in total. The molecule has 2 aromatic carbocycles. The summed E-state index contributed by atoms with van der Waals surface area (Å²) < 4.78 is 38.5. The lowest BCUT2D eigenvalue weighted by Gasteiger charge is -2.23. The van der Waals surface area contributed by atoms with E-state index in [1.165, 1.54) is 34.1 Å². The number of nitrogens with one attached hydrogen (secondary N) is 1. The molecular formula is C22H29FN2O3S. The predicted molar refractivity (Wildman–Crippen MR) is 115 cm³/mol. The Morgan fingerprint density at radius 3 is 2.34 bits per heavy atom. The van der Waals surface area contributed by atoms with E-state index in [0.717, 1.165) is 23.8 Å². The summed E-state index contributed by atoms with van der Waals surface area (Å²) in [6.07, 6.45) is 2.43. The van der Waals surface area contributed by atoms with Crippen molar-refractivity contribution in [1.82, 2.24) is 5.32 Å². The normalized spacial score (nSPS) is 12.4. The van der Waals surface area contributed by atoms with Gasteiger partial charge in [-0.1, -0.05) is 30.7 Å². The third-order valence-corrected chi connectivity index (χ3v) is 6.02. The number of nitrogens with zero attached hydrogens (tertiary/aromatic N) is 1. The Labute approximate surface area is 173 Å². The summed E-state index contributed by atoms with van der Waals surface area (Å²) in [6.45, 7) is 6.23. The van der Waals surface area contributed by atoms with Crippen molar-refractivity contribution in [3.8, 4) is 0 Å². The predicted octanol–water partition coefficient (Wildman–Crippen LogP) is 4.26. The van der Waals surface area contributed by atoms with Gasteiger partial charge in [-0.2, -0.15) is 0 Å². The van der Waals surface area contributed by atoms with Crippen molar-refractivity contribution in [3.05, 3.63) is 65.0 Å². The summed E-state index contributed by atoms with van der Waals surface area (Å²) >= 11 is 0. The van der Waals surface area contributed by atoms with Crippen molar-refractivity contribution < 1.29 is 17.6 Å². The minimum absolute atomic E-state index is 0.0776. The van der Waals surface area contributed by atoms with Gasteiger partial charge in [0.2, 0.25) is 15.9 Å². The number of anilines is 1. The van der Waals surface area contributed by atoms with E-state index in [1.54, 1.807) is 0 Å². The molecule has 2 rings (SSSR count). The Hall–Kier alpha value is -2.41. The average molecular weight is 421 g/mol. The largest absolute Gasteiger partial charge is 0.349 e. The van der Waals surface area contributed by atoms with Gasteiger partial charge in [-0.25, -0.2) is 12.8 Å². The first-order chi connectivity index (χ1) is 13.6. The van der Waals surface area contributed by atoms with Crippen molar-refractivity contribution in [2.24, 2.45) is 0 Å². The van der Waals surface area contributed by atoms with Gasteiger partial charge in [0, 0.05) is 13.0 Å². The molecule has 1 atom stereocenters. The number of benzene rings is 2. The van der Waals surface area contributed by atoms with Crippen LogP contribution in [0.15, 0.2) is 42.5 Å². The maximum absolute atomic E-state index is 13.1. The zero-order chi connectivity index (χ0) is 21.6. The topological polar surface area (TPSA) is 66.5 Å². The first kappa shape index (κ1) is 22.9. The van der Waals surface area contributed by atoms with Crippen LogP contribution in [-0.4, -0.2) is 27.1 Å². The summed E-state index contributed by atoms with van der Waals surface area (Å²) in [6, 6.07) is 11.4. The SMILES string of the molecule is CC[C@@H](NC(=O)CCCN(c1ccc(F)cc1)S(C)(=O)=O)c1ccc(C)cc1C. The summed E-state index contributed by atoms with van der Waals surface area (Å²) in [5.74, 6) is -0.553. The lowest BCUT2D eigenvalue weighted by Crippen LogP contribution is -2.33. The third-order valence-electron chi connectivity index (χ3n) is 4.82. The standard InChI is InChI=1S/C22H29FN2O3S/c1-5-21(20-13-8-16(2)15-17(20)3)24-22(26)7-6-14-25(29(4,27)28)19-11-9-18(23)10-12-19/h8-13,15,21H,5-7,14H2,1-4H3,(H,24,26)/t21-/m1/s1. The van der Waals surface area contributed by atoms with Gasteiger partial charge in [-0.3, -0.25) is 9.10 Å². The number of hydrogen-bond acceptors (Lipinski definition) is 3. The van der Waals surface area contributed by atoms with Crippen LogP contribution in [0.1, 0.15) is 48.9 Å². The number of halogens is 1. The van der Waals surface area contributed by atoms with Gasteiger partial charge in [0.25, 0.3) is 0 Å². The van der Waals surface area contributed by atoms with E-state index in [2.05, 4.69) is 11.4 Å². The van der Waals surface area contributed by atoms with Crippen LogP contribution in [0.2, 0.25) is 0 Å². The Bertz CT molecular complexity index is 943. The van der Waals surface area contributed by atoms with Crippen molar-refractivity contribution in [3.63, 3.8) is 0 Å². The molecule has 1 amide bonds. The van der Waals surface area contributed by atoms with Crippen LogP contribution in [0.25, 0.3) is 0 Å². The van der Waals surface area contributed by atoms with Gasteiger partial charge in [0.05, 0.1) is 18.0 Å². The first-order valence-corrected chi connectivity index (χ1v) is 11.6. The molecular weight excluding hydrogens is 391 g/mol. The van der Waals surface area contributed by atoms with Gasteiger partial charge in [-0.15, -0.1) is 0 Å². The summed E-state index contributed by atoms with van der Waals surface area (Å²) in [5, 5.41) is 3.05. The molecule has 0 bridgehead atoms. The molecule has 0 aliphatic carbocycles. The highest BCUT2D eigenvalue weighted by Gasteiger charge is 2.19. The van der Waals surface area contributed by atoms with Crippen molar-refractivity contribution in [2.75, 3.05) is 17.1 Å². The van der Waals surface area contributed by atoms with E-state index in [4.69, 9.17) is 0 Å². The zero-order valence-corrected chi connectivity index (χ0v) is 18.2. The number of carbonyl (C=O) groups is 1. The van der Waals surface area contributed by atoms with Crippen molar-refractivity contribution in [1.29, 1.82) is 0 Å². The van der Waals surface area contributed by atoms with Crippen molar-refractivity contribution in [2.45, 2.75) is 46.1 Å². The molecule has 0 aliphatic rings. The maximum Gasteiger partial charge on any atom is 0.232 e. The Balaban J connectivity index is 1.98. The molecule has 0 aliphatic heterocycles. The molecule has 0 spiro atoms. The van der Waals surface area contributed by atoms with Gasteiger partial charge in [0.15, 0.2) is 0 Å². The fraction of sp³-hybridized carbons (Fsp3) is 0.409. The quantitative estimate of drug-likeness (QED) is 0.659. The van der Waals surface area contributed by atoms with Crippen LogP contribution in [0.5, 0.6) is 0 Å². The minimum atomic E-state index is -3.53. The van der Waals surface area contributed by atoms with Crippen LogP contribution in [0, 0.1) is 19.7 Å². The van der Waals surface area contributed by atoms with Gasteiger partial charge < -0.3 is 5.32 Å². The number of carbonyl (C=O) groups excluding carboxylic acids is 1. The molecule has 7 heteroatoms. The van der Waals surface area contributed by atoms with Crippen LogP contribution in [0.4, 0.5) is 10.1 Å². The second kappa shape index (κ2) is 9.87. The molecule has 158 valence electrons. The molecule has 0 unspecified atom stereocenters. The smallest absolute Gasteiger partial charge is 0.232 e. The van der Waals surface area contributed by atoms with Gasteiger partial charge in [0.1, 0.15) is 5.82 Å². The average Bonchev–Trinajstić information content (AvgIpc) is 2.64. The number of rotatable bonds is 9. The monoisotopic (exact) mass is 420 g/mol. The Morgan fingerprint density at radius 1 is 1.14 bits per heavy atom. The molecule has 2 aromatic rings. The van der Waals surface area contributed by atoms with E-state index in [1.807, 2.05) is 32.9 Å². The highest BCUT2D eigenvalue weighted by molar-refractivity contribution is 7.92. The second-order valence-corrected chi connectivity index (χ2v) is 9.21. The van der Waals surface area contributed by atoms with Crippen LogP contribution >= 0.6 is 0 Å². The van der Waals surface area contributed by atoms with E-state index in [0.29, 0.717) is 12.1 Å². The van der Waals surface area contributed by atoms with Crippen LogP contribution in [0.3, 0.4) is 0 Å². The molecule has 0 heterocycles. The molecule has 0 saturated carbocycles. The van der Waals surface area contributed by atoms with Gasteiger partial charge in [-0.05, 0) is 62.1 Å². The summed E-state index contributed by atoms with van der Waals surface area (Å²) in [4.78, 5) is 12.4. The molecule has 0 aromatic heterocycles. The van der Waals surface area contributed by atoms with E-state index >= 15 is 0 Å². The maximum atomic E-state index is 13.1. The third kappa shape index (κ3) is 6.56. The number of hydrogen-bond donors (Lipinski definition) is 1. The fourth-order valence-corrected chi connectivity index (χ4v) is 4.33. The van der Waals surface area contributed by atoms with Crippen molar-refractivity contribution >= 4 is 21.6 Å². The lowest BCUT2D eigenvalue weighted by atomic mass is 9.97.